The van der Waals surface area contributed by atoms with Gasteiger partial charge in [-0.1, -0.05) is 6.07 Å². The number of rotatable bonds is 1. The number of aryl methyl sites for hydroxylation is 1. The molecule has 0 spiro atoms. The number of hydrogen-bond acceptors (Lipinski definition) is 4. The van der Waals surface area contributed by atoms with Crippen LogP contribution in [-0.4, -0.2) is 23.7 Å². The van der Waals surface area contributed by atoms with Crippen LogP contribution in [0, 0.1) is 6.92 Å². The first-order valence-electron chi connectivity index (χ1n) is 7.38. The van der Waals surface area contributed by atoms with Crippen LogP contribution < -0.4 is 4.74 Å². The van der Waals surface area contributed by atoms with Crippen LogP contribution in [0.3, 0.4) is 0 Å². The molecular weight excluding hydrogens is 282 g/mol. The number of ether oxygens (including phenoxy) is 1. The molecule has 4 heteroatoms. The van der Waals surface area contributed by atoms with E-state index in [1.54, 1.807) is 18.1 Å². The molecule has 0 amide bonds. The smallest absolute Gasteiger partial charge is 0.165 e. The van der Waals surface area contributed by atoms with Gasteiger partial charge in [-0.15, -0.1) is 11.3 Å². The Kier molecular flexibility index (Phi) is 2.98. The van der Waals surface area contributed by atoms with Gasteiger partial charge in [-0.2, -0.15) is 0 Å². The zero-order valence-corrected chi connectivity index (χ0v) is 13.2. The first-order valence-corrected chi connectivity index (χ1v) is 8.20. The molecule has 0 fully saturated rings. The molecule has 110 valence electrons. The molecule has 0 radical (unpaired) electrons. The van der Waals surface area contributed by atoms with Gasteiger partial charge in [-0.25, -0.2) is 0 Å². The minimum Gasteiger partial charge on any atom is -0.504 e. The van der Waals surface area contributed by atoms with Gasteiger partial charge >= 0.3 is 0 Å². The molecule has 1 aromatic heterocycles. The second-order valence-electron chi connectivity index (χ2n) is 5.93. The lowest BCUT2D eigenvalue weighted by atomic mass is 9.86. The van der Waals surface area contributed by atoms with Crippen LogP contribution in [0.25, 0.3) is 0 Å². The number of hydrogen-bond donors (Lipinski definition) is 1. The van der Waals surface area contributed by atoms with Crippen LogP contribution in [0.2, 0.25) is 0 Å². The lowest BCUT2D eigenvalue weighted by Gasteiger charge is -2.40. The van der Waals surface area contributed by atoms with E-state index in [-0.39, 0.29) is 5.75 Å². The van der Waals surface area contributed by atoms with Crippen LogP contribution in [-0.2, 0) is 19.4 Å². The molecule has 1 atom stereocenters. The summed E-state index contributed by atoms with van der Waals surface area (Å²) in [6, 6.07) is 6.66. The Morgan fingerprint density at radius 3 is 3.05 bits per heavy atom. The van der Waals surface area contributed by atoms with Crippen molar-refractivity contribution in [3.63, 3.8) is 0 Å². The topological polar surface area (TPSA) is 32.7 Å². The van der Waals surface area contributed by atoms with E-state index in [9.17, 15) is 5.11 Å². The Hall–Kier alpha value is -1.52. The van der Waals surface area contributed by atoms with E-state index in [4.69, 9.17) is 4.74 Å². The van der Waals surface area contributed by atoms with Gasteiger partial charge in [0.25, 0.3) is 0 Å². The highest BCUT2D eigenvalue weighted by Crippen LogP contribution is 2.44. The van der Waals surface area contributed by atoms with E-state index in [1.807, 2.05) is 11.3 Å². The van der Waals surface area contributed by atoms with Crippen molar-refractivity contribution in [2.75, 3.05) is 13.7 Å². The van der Waals surface area contributed by atoms with Crippen molar-refractivity contribution < 1.29 is 9.84 Å². The standard InChI is InChI=1S/C17H19NO2S/c1-10-7-12-14-8-11-3-4-15(19)17(20-2)13(11)9-18(14)6-5-16(12)21-10/h3-4,7,14,19H,5-6,8-9H2,1-2H3/t14-/m1/s1. The number of aromatic hydroxyl groups is 1. The Morgan fingerprint density at radius 1 is 1.38 bits per heavy atom. The summed E-state index contributed by atoms with van der Waals surface area (Å²) in [6.45, 7) is 4.16. The maximum Gasteiger partial charge on any atom is 0.165 e. The first-order chi connectivity index (χ1) is 10.2. The fourth-order valence-corrected chi connectivity index (χ4v) is 4.83. The zero-order chi connectivity index (χ0) is 14.6. The third-order valence-corrected chi connectivity index (χ3v) is 5.83. The van der Waals surface area contributed by atoms with E-state index >= 15 is 0 Å². The Morgan fingerprint density at radius 2 is 2.24 bits per heavy atom. The molecule has 2 aromatic rings. The molecule has 0 bridgehead atoms. The number of phenolic OH excluding ortho intramolecular Hbond substituents is 1. The average Bonchev–Trinajstić information content (AvgIpc) is 2.86. The average molecular weight is 301 g/mol. The summed E-state index contributed by atoms with van der Waals surface area (Å²) >= 11 is 1.95. The summed E-state index contributed by atoms with van der Waals surface area (Å²) in [5.74, 6) is 0.900. The maximum atomic E-state index is 9.98. The Balaban J connectivity index is 1.78. The third-order valence-electron chi connectivity index (χ3n) is 4.71. The fraction of sp³-hybridized carbons (Fsp3) is 0.412. The van der Waals surface area contributed by atoms with Gasteiger partial charge in [-0.05, 0) is 43.0 Å². The molecule has 2 aliphatic rings. The predicted octanol–water partition coefficient (Wildman–Crippen LogP) is 3.43. The normalized spacial score (nSPS) is 20.6. The van der Waals surface area contributed by atoms with E-state index in [0.29, 0.717) is 11.8 Å². The summed E-state index contributed by atoms with van der Waals surface area (Å²) in [6.07, 6.45) is 2.15. The molecule has 1 N–H and O–H groups in total. The first kappa shape index (κ1) is 13.2. The molecule has 0 unspecified atom stereocenters. The van der Waals surface area contributed by atoms with Crippen LogP contribution in [0.1, 0.15) is 32.5 Å². The molecule has 21 heavy (non-hydrogen) atoms. The van der Waals surface area contributed by atoms with Gasteiger partial charge in [0.2, 0.25) is 0 Å². The lowest BCUT2D eigenvalue weighted by Crippen LogP contribution is -2.38. The Labute approximate surface area is 128 Å². The van der Waals surface area contributed by atoms with Crippen LogP contribution >= 0.6 is 11.3 Å². The quantitative estimate of drug-likeness (QED) is 0.876. The number of nitrogens with zero attached hydrogens (tertiary/aromatic N) is 1. The van der Waals surface area contributed by atoms with E-state index in [1.165, 1.54) is 16.0 Å². The largest absolute Gasteiger partial charge is 0.504 e. The molecule has 4 rings (SSSR count). The van der Waals surface area contributed by atoms with Crippen LogP contribution in [0.5, 0.6) is 11.5 Å². The summed E-state index contributed by atoms with van der Waals surface area (Å²) < 4.78 is 5.42. The van der Waals surface area contributed by atoms with Gasteiger partial charge < -0.3 is 9.84 Å². The SMILES string of the molecule is COc1c(O)ccc2c1CN1CCc3sc(C)cc3[C@H]1C2. The van der Waals surface area contributed by atoms with Crippen LogP contribution in [0.15, 0.2) is 18.2 Å². The third kappa shape index (κ3) is 1.97. The highest BCUT2D eigenvalue weighted by molar-refractivity contribution is 7.12. The molecule has 3 nitrogen and oxygen atoms in total. The number of thiophene rings is 1. The van der Waals surface area contributed by atoms with Crippen molar-refractivity contribution in [1.82, 2.24) is 4.90 Å². The minimum absolute atomic E-state index is 0.249. The second-order valence-corrected chi connectivity index (χ2v) is 7.27. The van der Waals surface area contributed by atoms with Crippen molar-refractivity contribution >= 4 is 11.3 Å². The summed E-state index contributed by atoms with van der Waals surface area (Å²) in [5.41, 5.74) is 3.98. The number of fused-ring (bicyclic) bond motifs is 4. The van der Waals surface area contributed by atoms with E-state index < -0.39 is 0 Å². The summed E-state index contributed by atoms with van der Waals surface area (Å²) in [5, 5.41) is 9.98. The molecule has 0 aliphatic carbocycles. The summed E-state index contributed by atoms with van der Waals surface area (Å²) in [7, 11) is 1.64. The minimum atomic E-state index is 0.249. The van der Waals surface area contributed by atoms with Gasteiger partial charge in [0.15, 0.2) is 11.5 Å². The van der Waals surface area contributed by atoms with Crippen molar-refractivity contribution in [1.29, 1.82) is 0 Å². The van der Waals surface area contributed by atoms with Crippen molar-refractivity contribution in [2.24, 2.45) is 0 Å². The van der Waals surface area contributed by atoms with Crippen LogP contribution in [0.4, 0.5) is 0 Å². The lowest BCUT2D eigenvalue weighted by molar-refractivity contribution is 0.159. The van der Waals surface area contributed by atoms with Gasteiger partial charge in [0.05, 0.1) is 7.11 Å². The number of phenols is 1. The zero-order valence-electron chi connectivity index (χ0n) is 12.3. The molecule has 0 saturated heterocycles. The van der Waals surface area contributed by atoms with Gasteiger partial charge in [0.1, 0.15) is 0 Å². The molecule has 1 aromatic carbocycles. The second kappa shape index (κ2) is 4.75. The summed E-state index contributed by atoms with van der Waals surface area (Å²) in [4.78, 5) is 5.50. The van der Waals surface area contributed by atoms with Gasteiger partial charge in [0, 0.05) is 34.4 Å². The molecular formula is C17H19NO2S. The monoisotopic (exact) mass is 301 g/mol. The molecule has 2 aliphatic heterocycles. The number of methoxy groups -OCH3 is 1. The molecule has 3 heterocycles. The molecule has 0 saturated carbocycles. The fourth-order valence-electron chi connectivity index (χ4n) is 3.75. The van der Waals surface area contributed by atoms with E-state index in [0.717, 1.165) is 31.5 Å². The Bertz CT molecular complexity index is 707. The maximum absolute atomic E-state index is 9.98. The van der Waals surface area contributed by atoms with Crippen molar-refractivity contribution in [3.05, 3.63) is 44.6 Å². The number of benzene rings is 1. The highest BCUT2D eigenvalue weighted by Gasteiger charge is 2.34. The van der Waals surface area contributed by atoms with E-state index in [2.05, 4.69) is 24.0 Å². The van der Waals surface area contributed by atoms with Crippen molar-refractivity contribution in [2.45, 2.75) is 32.4 Å². The van der Waals surface area contributed by atoms with Crippen molar-refractivity contribution in [3.8, 4) is 11.5 Å². The predicted molar refractivity (Wildman–Crippen MR) is 84.3 cm³/mol. The highest BCUT2D eigenvalue weighted by atomic mass is 32.1. The van der Waals surface area contributed by atoms with Gasteiger partial charge in [-0.3, -0.25) is 4.90 Å².